The number of carbonyl (C=O) groups excluding carboxylic acids is 3. The Labute approximate surface area is 150 Å². The highest BCUT2D eigenvalue weighted by atomic mass is 19.2. The molecule has 4 rings (SSSR count). The molecule has 0 bridgehead atoms. The quantitative estimate of drug-likeness (QED) is 0.732. The number of aliphatic hydroxyl groups is 1. The first-order chi connectivity index (χ1) is 12.1. The van der Waals surface area contributed by atoms with E-state index in [1.165, 1.54) is 7.11 Å². The molecule has 0 spiro atoms. The Balaban J connectivity index is 0.000000151. The van der Waals surface area contributed by atoms with Gasteiger partial charge in [0.2, 0.25) is 11.3 Å². The molecule has 0 saturated heterocycles. The van der Waals surface area contributed by atoms with E-state index in [0.29, 0.717) is 12.8 Å². The number of ketones is 1. The van der Waals surface area contributed by atoms with E-state index >= 15 is 0 Å². The molecule has 8 heteroatoms. The summed E-state index contributed by atoms with van der Waals surface area (Å²) in [5.41, 5.74) is -3.89. The molecule has 26 heavy (non-hydrogen) atoms. The summed E-state index contributed by atoms with van der Waals surface area (Å²) in [6.07, 6.45) is 0.319. The van der Waals surface area contributed by atoms with E-state index in [-0.39, 0.29) is 23.5 Å². The second-order valence-electron chi connectivity index (χ2n) is 8.00. The molecule has 0 amide bonds. The van der Waals surface area contributed by atoms with Gasteiger partial charge in [-0.2, -0.15) is 0 Å². The maximum absolute atomic E-state index is 13.9. The maximum atomic E-state index is 13.9. The molecule has 4 aliphatic rings. The van der Waals surface area contributed by atoms with Gasteiger partial charge in [0.05, 0.1) is 26.2 Å². The molecule has 0 radical (unpaired) electrons. The number of rotatable bonds is 2. The van der Waals surface area contributed by atoms with Crippen LogP contribution < -0.4 is 0 Å². The Morgan fingerprint density at radius 3 is 1.92 bits per heavy atom. The highest BCUT2D eigenvalue weighted by Gasteiger charge is 2.80. The summed E-state index contributed by atoms with van der Waals surface area (Å²) in [7, 11) is 2.32. The van der Waals surface area contributed by atoms with E-state index in [9.17, 15) is 28.3 Å². The van der Waals surface area contributed by atoms with E-state index in [0.717, 1.165) is 7.11 Å². The number of alkyl halides is 2. The van der Waals surface area contributed by atoms with Crippen LogP contribution in [0, 0.1) is 35.5 Å². The summed E-state index contributed by atoms with van der Waals surface area (Å²) in [4.78, 5) is 33.4. The van der Waals surface area contributed by atoms with Gasteiger partial charge >= 0.3 is 11.9 Å². The number of methoxy groups -OCH3 is 2. The zero-order chi connectivity index (χ0) is 19.6. The molecule has 4 aliphatic carbocycles. The fourth-order valence-electron chi connectivity index (χ4n) is 5.35. The van der Waals surface area contributed by atoms with Crippen LogP contribution in [0.4, 0.5) is 8.78 Å². The SMILES string of the molecule is COC(=O)[C@@]1(F)[C@@H]2[C@@H](C)CC(=O)[C@@H]21.COC(=O)[C@]1(F)[C@@H]2[C@H]1[C@@H](C)C[C@H]2O. The molecule has 0 aliphatic heterocycles. The van der Waals surface area contributed by atoms with Gasteiger partial charge in [-0.3, -0.25) is 4.79 Å². The van der Waals surface area contributed by atoms with Crippen LogP contribution in [0.5, 0.6) is 0 Å². The topological polar surface area (TPSA) is 89.9 Å². The minimum Gasteiger partial charge on any atom is -0.467 e. The summed E-state index contributed by atoms with van der Waals surface area (Å²) >= 11 is 0. The van der Waals surface area contributed by atoms with Gasteiger partial charge in [0.25, 0.3) is 0 Å². The Hall–Kier alpha value is -1.57. The summed E-state index contributed by atoms with van der Waals surface area (Å²) in [5.74, 6) is -3.78. The Morgan fingerprint density at radius 2 is 1.54 bits per heavy atom. The molecule has 6 nitrogen and oxygen atoms in total. The number of hydrogen-bond donors (Lipinski definition) is 1. The minimum absolute atomic E-state index is 0.0263. The van der Waals surface area contributed by atoms with Crippen molar-refractivity contribution in [1.82, 2.24) is 0 Å². The van der Waals surface area contributed by atoms with Gasteiger partial charge in [-0.25, -0.2) is 18.4 Å². The zero-order valence-corrected chi connectivity index (χ0v) is 15.2. The number of hydrogen-bond acceptors (Lipinski definition) is 6. The fourth-order valence-corrected chi connectivity index (χ4v) is 5.35. The van der Waals surface area contributed by atoms with Gasteiger partial charge in [-0.05, 0) is 18.3 Å². The van der Waals surface area contributed by atoms with Crippen LogP contribution in [-0.2, 0) is 23.9 Å². The van der Waals surface area contributed by atoms with Crippen LogP contribution in [0.15, 0.2) is 0 Å². The molecule has 1 N–H and O–H groups in total. The molecule has 0 aromatic rings. The highest BCUT2D eigenvalue weighted by Crippen LogP contribution is 2.66. The molecular formula is C18H24F2O6. The molecule has 0 aromatic heterocycles. The lowest BCUT2D eigenvalue weighted by molar-refractivity contribution is -0.152. The molecule has 0 aromatic carbocycles. The smallest absolute Gasteiger partial charge is 0.344 e. The lowest BCUT2D eigenvalue weighted by atomic mass is 9.99. The molecule has 0 unspecified atom stereocenters. The van der Waals surface area contributed by atoms with E-state index in [4.69, 9.17) is 0 Å². The number of carbonyl (C=O) groups is 3. The van der Waals surface area contributed by atoms with Gasteiger partial charge in [0.1, 0.15) is 5.78 Å². The van der Waals surface area contributed by atoms with Crippen LogP contribution >= 0.6 is 0 Å². The van der Waals surface area contributed by atoms with Gasteiger partial charge in [0.15, 0.2) is 0 Å². The van der Waals surface area contributed by atoms with E-state index in [2.05, 4.69) is 9.47 Å². The van der Waals surface area contributed by atoms with Crippen LogP contribution in [0.3, 0.4) is 0 Å². The van der Waals surface area contributed by atoms with E-state index < -0.39 is 47.1 Å². The average Bonchev–Trinajstić information content (AvgIpc) is 3.33. The third kappa shape index (κ3) is 2.33. The molecule has 9 atom stereocenters. The summed E-state index contributed by atoms with van der Waals surface area (Å²) in [6.45, 7) is 3.66. The van der Waals surface area contributed by atoms with E-state index in [1.807, 2.05) is 6.92 Å². The fraction of sp³-hybridized carbons (Fsp3) is 0.833. The second kappa shape index (κ2) is 5.97. The first-order valence-electron chi connectivity index (χ1n) is 8.82. The summed E-state index contributed by atoms with van der Waals surface area (Å²) in [5, 5.41) is 9.44. The first-order valence-corrected chi connectivity index (χ1v) is 8.82. The third-order valence-corrected chi connectivity index (χ3v) is 6.56. The van der Waals surface area contributed by atoms with Crippen LogP contribution in [0.25, 0.3) is 0 Å². The first kappa shape index (κ1) is 19.2. The number of fused-ring (bicyclic) bond motifs is 2. The summed E-state index contributed by atoms with van der Waals surface area (Å²) in [6, 6.07) is 0. The predicted molar refractivity (Wildman–Crippen MR) is 84.2 cm³/mol. The van der Waals surface area contributed by atoms with Crippen LogP contribution in [0.2, 0.25) is 0 Å². The van der Waals surface area contributed by atoms with Crippen molar-refractivity contribution in [2.24, 2.45) is 35.5 Å². The lowest BCUT2D eigenvalue weighted by Gasteiger charge is -2.15. The predicted octanol–water partition coefficient (Wildman–Crippen LogP) is 1.24. The Kier molecular flexibility index (Phi) is 4.41. The van der Waals surface area contributed by atoms with Crippen LogP contribution in [0.1, 0.15) is 26.7 Å². The molecule has 4 fully saturated rings. The van der Waals surface area contributed by atoms with Crippen molar-refractivity contribution in [3.8, 4) is 0 Å². The number of halogens is 2. The zero-order valence-electron chi connectivity index (χ0n) is 15.2. The van der Waals surface area contributed by atoms with Crippen molar-refractivity contribution in [3.05, 3.63) is 0 Å². The van der Waals surface area contributed by atoms with Crippen molar-refractivity contribution in [1.29, 1.82) is 0 Å². The van der Waals surface area contributed by atoms with Gasteiger partial charge < -0.3 is 14.6 Å². The van der Waals surface area contributed by atoms with Gasteiger partial charge in [-0.15, -0.1) is 0 Å². The van der Waals surface area contributed by atoms with Crippen molar-refractivity contribution in [2.45, 2.75) is 44.1 Å². The molecular weight excluding hydrogens is 350 g/mol. The maximum Gasteiger partial charge on any atom is 0.344 e. The number of ether oxygens (including phenoxy) is 2. The third-order valence-electron chi connectivity index (χ3n) is 6.56. The average molecular weight is 374 g/mol. The second-order valence-corrected chi connectivity index (χ2v) is 8.00. The normalized spacial score (nSPS) is 50.1. The Bertz CT molecular complexity index is 638. The summed E-state index contributed by atoms with van der Waals surface area (Å²) < 4.78 is 36.4. The van der Waals surface area contributed by atoms with Gasteiger partial charge in [-0.1, -0.05) is 13.8 Å². The lowest BCUT2D eigenvalue weighted by Crippen LogP contribution is -2.30. The number of Topliss-reactive ketones (excluding diaryl/α,β-unsaturated/α-hetero) is 1. The number of aliphatic hydroxyl groups excluding tert-OH is 1. The van der Waals surface area contributed by atoms with Crippen molar-refractivity contribution in [3.63, 3.8) is 0 Å². The molecule has 0 heterocycles. The largest absolute Gasteiger partial charge is 0.467 e. The highest BCUT2D eigenvalue weighted by molar-refractivity contribution is 6.00. The number of esters is 2. The van der Waals surface area contributed by atoms with Gasteiger partial charge in [0, 0.05) is 24.2 Å². The van der Waals surface area contributed by atoms with E-state index in [1.54, 1.807) is 6.92 Å². The van der Waals surface area contributed by atoms with Crippen molar-refractivity contribution in [2.75, 3.05) is 14.2 Å². The monoisotopic (exact) mass is 374 g/mol. The standard InChI is InChI=1S/C9H13FO3.C9H11FO3/c2*1-4-3-5(11)7-6(4)9(7,10)8(12)13-2/h4-7,11H,3H2,1-2H3;4,6-7H,3H2,1-2H3/t4-,5+,6+,7-,9+;4-,6+,7-,9+/m00/s1. The molecule has 4 saturated carbocycles. The van der Waals surface area contributed by atoms with Crippen LogP contribution in [-0.4, -0.2) is 54.5 Å². The minimum atomic E-state index is -2.00. The molecule has 146 valence electrons. The van der Waals surface area contributed by atoms with Crippen molar-refractivity contribution < 1.29 is 37.7 Å². The Morgan fingerprint density at radius 1 is 1.00 bits per heavy atom. The van der Waals surface area contributed by atoms with Crippen molar-refractivity contribution >= 4 is 17.7 Å².